The number of carbonyl (C=O) groups excluding carboxylic acids is 1. The Balaban J connectivity index is 2.34. The number of hydrogen-bond acceptors (Lipinski definition) is 2. The molecule has 1 aromatic rings. The van der Waals surface area contributed by atoms with Crippen molar-refractivity contribution in [3.05, 3.63) is 28.0 Å². The Morgan fingerprint density at radius 3 is 2.64 bits per heavy atom. The van der Waals surface area contributed by atoms with Gasteiger partial charge in [-0.15, -0.1) is 0 Å². The van der Waals surface area contributed by atoms with Gasteiger partial charge in [-0.2, -0.15) is 0 Å². The van der Waals surface area contributed by atoms with Gasteiger partial charge in [0, 0.05) is 12.1 Å². The number of pyridine rings is 1. The van der Waals surface area contributed by atoms with Gasteiger partial charge in [-0.25, -0.2) is 4.98 Å². The Labute approximate surface area is 92.2 Å². The van der Waals surface area contributed by atoms with E-state index in [1.807, 2.05) is 0 Å². The zero-order valence-electron chi connectivity index (χ0n) is 7.46. The predicted octanol–water partition coefficient (Wildman–Crippen LogP) is 3.37. The molecule has 0 bridgehead atoms. The Bertz CT molecular complexity index is 354. The molecule has 0 atom stereocenters. The Morgan fingerprint density at radius 2 is 2.14 bits per heavy atom. The summed E-state index contributed by atoms with van der Waals surface area (Å²) in [5.41, 5.74) is 0.389. The topological polar surface area (TPSA) is 30.0 Å². The van der Waals surface area contributed by atoms with Gasteiger partial charge in [0.2, 0.25) is 0 Å². The second-order valence-corrected chi connectivity index (χ2v) is 4.22. The summed E-state index contributed by atoms with van der Waals surface area (Å²) in [5, 5.41) is 0.622. The molecular formula is C10H9Cl2NO. The van der Waals surface area contributed by atoms with Crippen molar-refractivity contribution in [2.75, 3.05) is 0 Å². The Kier molecular flexibility index (Phi) is 2.75. The summed E-state index contributed by atoms with van der Waals surface area (Å²) in [4.78, 5) is 15.7. The van der Waals surface area contributed by atoms with Crippen molar-refractivity contribution in [3.63, 3.8) is 0 Å². The highest BCUT2D eigenvalue weighted by atomic mass is 35.5. The van der Waals surface area contributed by atoms with Crippen LogP contribution in [0.3, 0.4) is 0 Å². The van der Waals surface area contributed by atoms with Crippen LogP contribution in [0, 0.1) is 5.92 Å². The minimum atomic E-state index is 0.0411. The normalized spacial score (nSPS) is 16.4. The lowest BCUT2D eigenvalue weighted by molar-refractivity contribution is 0.0855. The Morgan fingerprint density at radius 1 is 1.43 bits per heavy atom. The molecule has 0 unspecified atom stereocenters. The van der Waals surface area contributed by atoms with Crippen LogP contribution in [-0.4, -0.2) is 10.8 Å². The number of nitrogens with zero attached hydrogens (tertiary/aromatic N) is 1. The van der Waals surface area contributed by atoms with Crippen molar-refractivity contribution in [2.45, 2.75) is 19.3 Å². The molecule has 14 heavy (non-hydrogen) atoms. The molecule has 1 saturated carbocycles. The molecule has 1 aromatic heterocycles. The van der Waals surface area contributed by atoms with Crippen LogP contribution in [0.4, 0.5) is 0 Å². The summed E-state index contributed by atoms with van der Waals surface area (Å²) in [7, 11) is 0. The highest BCUT2D eigenvalue weighted by Gasteiger charge is 2.29. The number of Topliss-reactive ketones (excluding diaryl/α,β-unsaturated/α-hetero) is 1. The molecule has 4 heteroatoms. The summed E-state index contributed by atoms with van der Waals surface area (Å²) in [6, 6.07) is 1.60. The largest absolute Gasteiger partial charge is 0.294 e. The number of halogens is 2. The zero-order valence-corrected chi connectivity index (χ0v) is 8.98. The van der Waals surface area contributed by atoms with E-state index in [-0.39, 0.29) is 16.9 Å². The van der Waals surface area contributed by atoms with Crippen LogP contribution in [0.5, 0.6) is 0 Å². The smallest absolute Gasteiger partial charge is 0.170 e. The summed E-state index contributed by atoms with van der Waals surface area (Å²) >= 11 is 11.7. The average molecular weight is 230 g/mol. The van der Waals surface area contributed by atoms with Gasteiger partial charge in [0.15, 0.2) is 5.78 Å². The SMILES string of the molecule is O=C(c1c(Cl)ccnc1Cl)C1CCC1. The molecule has 0 aliphatic heterocycles. The van der Waals surface area contributed by atoms with Crippen molar-refractivity contribution in [2.24, 2.45) is 5.92 Å². The van der Waals surface area contributed by atoms with Crippen molar-refractivity contribution in [3.8, 4) is 0 Å². The van der Waals surface area contributed by atoms with E-state index >= 15 is 0 Å². The highest BCUT2D eigenvalue weighted by molar-refractivity contribution is 6.39. The number of hydrogen-bond donors (Lipinski definition) is 0. The van der Waals surface area contributed by atoms with E-state index in [1.165, 1.54) is 6.20 Å². The minimum Gasteiger partial charge on any atom is -0.294 e. The second-order valence-electron chi connectivity index (χ2n) is 3.45. The van der Waals surface area contributed by atoms with Gasteiger partial charge in [0.05, 0.1) is 10.6 Å². The maximum Gasteiger partial charge on any atom is 0.170 e. The van der Waals surface area contributed by atoms with Crippen LogP contribution in [0.1, 0.15) is 29.6 Å². The van der Waals surface area contributed by atoms with E-state index in [0.717, 1.165) is 19.3 Å². The molecule has 0 radical (unpaired) electrons. The molecule has 0 saturated heterocycles. The Hall–Kier alpha value is -0.600. The van der Waals surface area contributed by atoms with Gasteiger partial charge >= 0.3 is 0 Å². The van der Waals surface area contributed by atoms with Gasteiger partial charge in [-0.3, -0.25) is 4.79 Å². The van der Waals surface area contributed by atoms with E-state index in [0.29, 0.717) is 10.6 Å². The summed E-state index contributed by atoms with van der Waals surface area (Å²) < 4.78 is 0. The molecule has 0 amide bonds. The monoisotopic (exact) mass is 229 g/mol. The lowest BCUT2D eigenvalue weighted by Crippen LogP contribution is -2.22. The standard InChI is InChI=1S/C10H9Cl2NO/c11-7-4-5-13-10(12)8(7)9(14)6-2-1-3-6/h4-6H,1-3H2. The molecule has 0 N–H and O–H groups in total. The maximum absolute atomic E-state index is 11.9. The zero-order chi connectivity index (χ0) is 10.1. The average Bonchev–Trinajstić information content (AvgIpc) is 2.00. The van der Waals surface area contributed by atoms with Crippen molar-refractivity contribution in [1.82, 2.24) is 4.98 Å². The van der Waals surface area contributed by atoms with Gasteiger partial charge < -0.3 is 0 Å². The third-order valence-corrected chi connectivity index (χ3v) is 3.18. The van der Waals surface area contributed by atoms with Crippen LogP contribution in [0.15, 0.2) is 12.3 Å². The summed E-state index contributed by atoms with van der Waals surface area (Å²) in [6.45, 7) is 0. The fourth-order valence-corrected chi connectivity index (χ4v) is 2.05. The first-order valence-electron chi connectivity index (χ1n) is 4.54. The molecule has 1 aliphatic rings. The molecular weight excluding hydrogens is 221 g/mol. The van der Waals surface area contributed by atoms with Crippen molar-refractivity contribution >= 4 is 29.0 Å². The van der Waals surface area contributed by atoms with Gasteiger partial charge in [0.1, 0.15) is 5.15 Å². The third-order valence-electron chi connectivity index (χ3n) is 2.58. The van der Waals surface area contributed by atoms with E-state index in [9.17, 15) is 4.79 Å². The van der Waals surface area contributed by atoms with E-state index in [1.54, 1.807) is 6.07 Å². The molecule has 0 spiro atoms. The molecule has 1 heterocycles. The van der Waals surface area contributed by atoms with Gasteiger partial charge in [0.25, 0.3) is 0 Å². The minimum absolute atomic E-state index is 0.0411. The fourth-order valence-electron chi connectivity index (χ4n) is 1.51. The molecule has 1 aliphatic carbocycles. The van der Waals surface area contributed by atoms with E-state index in [4.69, 9.17) is 23.2 Å². The summed E-state index contributed by atoms with van der Waals surface area (Å²) in [5.74, 6) is 0.147. The lowest BCUT2D eigenvalue weighted by atomic mass is 9.80. The first kappa shape index (κ1) is 9.94. The van der Waals surface area contributed by atoms with Gasteiger partial charge in [-0.05, 0) is 18.9 Å². The summed E-state index contributed by atoms with van der Waals surface area (Å²) in [6.07, 6.45) is 4.51. The highest BCUT2D eigenvalue weighted by Crippen LogP contribution is 2.33. The number of carbonyl (C=O) groups is 1. The molecule has 1 fully saturated rings. The first-order valence-corrected chi connectivity index (χ1v) is 5.30. The molecule has 74 valence electrons. The fraction of sp³-hybridized carbons (Fsp3) is 0.400. The second kappa shape index (κ2) is 3.87. The van der Waals surface area contributed by atoms with Crippen LogP contribution in [0.2, 0.25) is 10.2 Å². The quantitative estimate of drug-likeness (QED) is 0.575. The first-order chi connectivity index (χ1) is 6.70. The molecule has 2 nitrogen and oxygen atoms in total. The number of aromatic nitrogens is 1. The van der Waals surface area contributed by atoms with E-state index < -0.39 is 0 Å². The van der Waals surface area contributed by atoms with Crippen LogP contribution >= 0.6 is 23.2 Å². The number of rotatable bonds is 2. The molecule has 0 aromatic carbocycles. The van der Waals surface area contributed by atoms with Crippen molar-refractivity contribution in [1.29, 1.82) is 0 Å². The van der Waals surface area contributed by atoms with Crippen molar-refractivity contribution < 1.29 is 4.79 Å². The van der Waals surface area contributed by atoms with E-state index in [2.05, 4.69) is 4.98 Å². The number of ketones is 1. The van der Waals surface area contributed by atoms with Crippen LogP contribution in [0.25, 0.3) is 0 Å². The van der Waals surface area contributed by atoms with Crippen LogP contribution in [-0.2, 0) is 0 Å². The third kappa shape index (κ3) is 1.64. The maximum atomic E-state index is 11.9. The molecule has 2 rings (SSSR count). The predicted molar refractivity (Wildman–Crippen MR) is 55.9 cm³/mol. The lowest BCUT2D eigenvalue weighted by Gasteiger charge is -2.24. The van der Waals surface area contributed by atoms with Crippen LogP contribution < -0.4 is 0 Å². The van der Waals surface area contributed by atoms with Gasteiger partial charge in [-0.1, -0.05) is 29.6 Å².